The van der Waals surface area contributed by atoms with Gasteiger partial charge in [0.15, 0.2) is 0 Å². The number of rotatable bonds is 2. The van der Waals surface area contributed by atoms with E-state index in [1.807, 2.05) is 17.2 Å². The molecule has 122 valence electrons. The quantitative estimate of drug-likeness (QED) is 0.894. The van der Waals surface area contributed by atoms with Crippen LogP contribution in [0.2, 0.25) is 0 Å². The molecule has 0 radical (unpaired) electrons. The highest BCUT2D eigenvalue weighted by Crippen LogP contribution is 2.34. The summed E-state index contributed by atoms with van der Waals surface area (Å²) in [5.41, 5.74) is 8.40. The molecule has 1 saturated heterocycles. The number of hydrogen-bond acceptors (Lipinski definition) is 3. The van der Waals surface area contributed by atoms with Crippen molar-refractivity contribution in [3.63, 3.8) is 0 Å². The summed E-state index contributed by atoms with van der Waals surface area (Å²) in [4.78, 5) is 22.3. The smallest absolute Gasteiger partial charge is 0.227 e. The first-order chi connectivity index (χ1) is 11.2. The first-order valence-corrected chi connectivity index (χ1v) is 8.70. The predicted molar refractivity (Wildman–Crippen MR) is 90.0 cm³/mol. The molecule has 1 aliphatic carbocycles. The third kappa shape index (κ3) is 2.63. The Labute approximate surface area is 136 Å². The second-order valence-electron chi connectivity index (χ2n) is 6.94. The minimum absolute atomic E-state index is 0.0591. The molecule has 0 spiro atoms. The molecule has 4 rings (SSSR count). The monoisotopic (exact) mass is 312 g/mol. The van der Waals surface area contributed by atoms with Gasteiger partial charge in [-0.1, -0.05) is 6.42 Å². The SMILES string of the molecule is N[C@H]1CCC[C@@H]1C(=O)N1CCC(c2c[nH]c3ncccc23)CC1. The number of piperidine rings is 1. The number of pyridine rings is 1. The van der Waals surface area contributed by atoms with Gasteiger partial charge in [0, 0.05) is 36.9 Å². The molecule has 2 aromatic heterocycles. The number of carbonyl (C=O) groups excluding carboxylic acids is 1. The van der Waals surface area contributed by atoms with Gasteiger partial charge in [-0.2, -0.15) is 0 Å². The summed E-state index contributed by atoms with van der Waals surface area (Å²) >= 11 is 0. The summed E-state index contributed by atoms with van der Waals surface area (Å²) in [7, 11) is 0. The Hall–Kier alpha value is -1.88. The van der Waals surface area contributed by atoms with Crippen LogP contribution in [0.25, 0.3) is 11.0 Å². The van der Waals surface area contributed by atoms with Crippen LogP contribution in [0.1, 0.15) is 43.6 Å². The van der Waals surface area contributed by atoms with Crippen molar-refractivity contribution in [2.75, 3.05) is 13.1 Å². The van der Waals surface area contributed by atoms with Crippen LogP contribution < -0.4 is 5.73 Å². The first-order valence-electron chi connectivity index (χ1n) is 8.70. The molecule has 1 aliphatic heterocycles. The highest BCUT2D eigenvalue weighted by atomic mass is 16.2. The lowest BCUT2D eigenvalue weighted by Crippen LogP contribution is -2.45. The number of H-pyrrole nitrogens is 1. The van der Waals surface area contributed by atoms with Crippen LogP contribution in [-0.4, -0.2) is 39.9 Å². The minimum atomic E-state index is 0.0591. The Kier molecular flexibility index (Phi) is 3.81. The van der Waals surface area contributed by atoms with Crippen molar-refractivity contribution in [3.05, 3.63) is 30.1 Å². The number of carbonyl (C=O) groups is 1. The Morgan fingerprint density at radius 3 is 2.83 bits per heavy atom. The van der Waals surface area contributed by atoms with Gasteiger partial charge in [0.25, 0.3) is 0 Å². The number of likely N-dealkylation sites (tertiary alicyclic amines) is 1. The van der Waals surface area contributed by atoms with Gasteiger partial charge in [0.05, 0.1) is 5.92 Å². The Balaban J connectivity index is 1.44. The molecule has 2 aliphatic rings. The number of nitrogens with zero attached hydrogens (tertiary/aromatic N) is 2. The van der Waals surface area contributed by atoms with E-state index in [9.17, 15) is 4.79 Å². The lowest BCUT2D eigenvalue weighted by Gasteiger charge is -2.34. The van der Waals surface area contributed by atoms with Gasteiger partial charge >= 0.3 is 0 Å². The van der Waals surface area contributed by atoms with Crippen molar-refractivity contribution in [2.24, 2.45) is 11.7 Å². The molecule has 23 heavy (non-hydrogen) atoms. The molecule has 3 heterocycles. The lowest BCUT2D eigenvalue weighted by atomic mass is 9.88. The predicted octanol–water partition coefficient (Wildman–Crippen LogP) is 2.40. The number of nitrogens with two attached hydrogens (primary N) is 1. The molecule has 0 unspecified atom stereocenters. The number of nitrogens with one attached hydrogen (secondary N) is 1. The first kappa shape index (κ1) is 14.7. The maximum atomic E-state index is 12.6. The zero-order valence-corrected chi connectivity index (χ0v) is 13.4. The fourth-order valence-corrected chi connectivity index (χ4v) is 4.26. The van der Waals surface area contributed by atoms with Crippen LogP contribution in [0.5, 0.6) is 0 Å². The van der Waals surface area contributed by atoms with E-state index in [4.69, 9.17) is 5.73 Å². The number of aromatic nitrogens is 2. The standard InChI is InChI=1S/C18H24N4O/c19-16-5-1-3-14(16)18(23)22-9-6-12(7-10-22)15-11-21-17-13(15)4-2-8-20-17/h2,4,8,11-12,14,16H,1,3,5-7,9-10,19H2,(H,20,21)/t14-,16-/m0/s1. The molecular formula is C18H24N4O. The van der Waals surface area contributed by atoms with Crippen molar-refractivity contribution >= 4 is 16.9 Å². The second kappa shape index (κ2) is 5.96. The van der Waals surface area contributed by atoms with E-state index < -0.39 is 0 Å². The fourth-order valence-electron chi connectivity index (χ4n) is 4.26. The third-order valence-corrected chi connectivity index (χ3v) is 5.62. The van der Waals surface area contributed by atoms with Crippen molar-refractivity contribution in [3.8, 4) is 0 Å². The summed E-state index contributed by atoms with van der Waals surface area (Å²) in [6.07, 6.45) is 9.01. The van der Waals surface area contributed by atoms with Crippen molar-refractivity contribution in [2.45, 2.75) is 44.1 Å². The van der Waals surface area contributed by atoms with Gasteiger partial charge in [-0.05, 0) is 49.3 Å². The highest BCUT2D eigenvalue weighted by molar-refractivity contribution is 5.81. The lowest BCUT2D eigenvalue weighted by molar-refractivity contribution is -0.136. The molecule has 0 aromatic carbocycles. The van der Waals surface area contributed by atoms with Crippen molar-refractivity contribution in [1.29, 1.82) is 0 Å². The maximum Gasteiger partial charge on any atom is 0.227 e. The second-order valence-corrected chi connectivity index (χ2v) is 6.94. The molecule has 5 nitrogen and oxygen atoms in total. The minimum Gasteiger partial charge on any atom is -0.346 e. The summed E-state index contributed by atoms with van der Waals surface area (Å²) in [5.74, 6) is 0.854. The summed E-state index contributed by atoms with van der Waals surface area (Å²) < 4.78 is 0. The van der Waals surface area contributed by atoms with Gasteiger partial charge < -0.3 is 15.6 Å². The van der Waals surface area contributed by atoms with Crippen molar-refractivity contribution < 1.29 is 4.79 Å². The van der Waals surface area contributed by atoms with E-state index in [2.05, 4.69) is 22.2 Å². The zero-order valence-electron chi connectivity index (χ0n) is 13.4. The molecular weight excluding hydrogens is 288 g/mol. The summed E-state index contributed by atoms with van der Waals surface area (Å²) in [6.45, 7) is 1.69. The van der Waals surface area contributed by atoms with E-state index in [1.165, 1.54) is 10.9 Å². The Bertz CT molecular complexity index is 702. The van der Waals surface area contributed by atoms with Crippen LogP contribution in [0.4, 0.5) is 0 Å². The normalized spacial score (nSPS) is 26.0. The zero-order chi connectivity index (χ0) is 15.8. The molecule has 2 atom stereocenters. The number of hydrogen-bond donors (Lipinski definition) is 2. The summed E-state index contributed by atoms with van der Waals surface area (Å²) in [6, 6.07) is 4.18. The number of amides is 1. The molecule has 2 fully saturated rings. The van der Waals surface area contributed by atoms with Crippen LogP contribution in [-0.2, 0) is 4.79 Å². The Morgan fingerprint density at radius 2 is 2.09 bits per heavy atom. The molecule has 3 N–H and O–H groups in total. The van der Waals surface area contributed by atoms with Crippen LogP contribution in [0.3, 0.4) is 0 Å². The molecule has 1 amide bonds. The average molecular weight is 312 g/mol. The van der Waals surface area contributed by atoms with Crippen LogP contribution >= 0.6 is 0 Å². The largest absolute Gasteiger partial charge is 0.346 e. The molecule has 2 aromatic rings. The average Bonchev–Trinajstić information content (AvgIpc) is 3.20. The Morgan fingerprint density at radius 1 is 1.26 bits per heavy atom. The maximum absolute atomic E-state index is 12.6. The van der Waals surface area contributed by atoms with Crippen molar-refractivity contribution in [1.82, 2.24) is 14.9 Å². The summed E-state index contributed by atoms with van der Waals surface area (Å²) in [5, 5.41) is 1.22. The van der Waals surface area contributed by atoms with Crippen LogP contribution in [0.15, 0.2) is 24.5 Å². The highest BCUT2D eigenvalue weighted by Gasteiger charge is 2.35. The number of aromatic amines is 1. The molecule has 1 saturated carbocycles. The van der Waals surface area contributed by atoms with Gasteiger partial charge in [-0.15, -0.1) is 0 Å². The van der Waals surface area contributed by atoms with E-state index in [1.54, 1.807) is 0 Å². The van der Waals surface area contributed by atoms with Crippen LogP contribution in [0, 0.1) is 5.92 Å². The van der Waals surface area contributed by atoms with Gasteiger partial charge in [-0.25, -0.2) is 4.98 Å². The number of fused-ring (bicyclic) bond motifs is 1. The van der Waals surface area contributed by atoms with E-state index in [0.717, 1.165) is 50.8 Å². The molecule has 0 bridgehead atoms. The van der Waals surface area contributed by atoms with E-state index >= 15 is 0 Å². The van der Waals surface area contributed by atoms with E-state index in [0.29, 0.717) is 5.92 Å². The fraction of sp³-hybridized carbons (Fsp3) is 0.556. The van der Waals surface area contributed by atoms with E-state index in [-0.39, 0.29) is 17.9 Å². The third-order valence-electron chi connectivity index (χ3n) is 5.62. The topological polar surface area (TPSA) is 75.0 Å². The van der Waals surface area contributed by atoms with Gasteiger partial charge in [-0.3, -0.25) is 4.79 Å². The van der Waals surface area contributed by atoms with Gasteiger partial charge in [0.1, 0.15) is 5.65 Å². The van der Waals surface area contributed by atoms with Gasteiger partial charge in [0.2, 0.25) is 5.91 Å². The molecule has 5 heteroatoms.